The van der Waals surface area contributed by atoms with E-state index in [1.54, 1.807) is 0 Å². The first kappa shape index (κ1) is 9.72. The van der Waals surface area contributed by atoms with E-state index in [0.717, 1.165) is 10.2 Å². The summed E-state index contributed by atoms with van der Waals surface area (Å²) in [6.07, 6.45) is 1.87. The zero-order chi connectivity index (χ0) is 9.35. The number of halogens is 1. The van der Waals surface area contributed by atoms with Crippen LogP contribution in [-0.2, 0) is 5.41 Å². The van der Waals surface area contributed by atoms with Gasteiger partial charge in [0.2, 0.25) is 0 Å². The number of hydrogen-bond acceptors (Lipinski definition) is 1. The van der Waals surface area contributed by atoms with E-state index < -0.39 is 0 Å². The van der Waals surface area contributed by atoms with Gasteiger partial charge in [-0.25, -0.2) is 0 Å². The van der Waals surface area contributed by atoms with Gasteiger partial charge in [-0.15, -0.1) is 0 Å². The van der Waals surface area contributed by atoms with Crippen LogP contribution in [0.25, 0.3) is 0 Å². The Bertz CT molecular complexity index is 286. The lowest BCUT2D eigenvalue weighted by molar-refractivity contribution is 0.568. The molecule has 0 aliphatic rings. The van der Waals surface area contributed by atoms with E-state index in [1.807, 2.05) is 6.20 Å². The highest BCUT2D eigenvalue weighted by atomic mass is 79.9. The molecule has 1 aromatic rings. The standard InChI is InChI=1S/C10H14BrN/c1-7-5-9(10(2,3)4)12-6-8(7)11/h5-6H,1-4H3. The second-order valence-electron chi connectivity index (χ2n) is 4.07. The molecule has 0 aromatic carbocycles. The molecule has 0 unspecified atom stereocenters. The van der Waals surface area contributed by atoms with E-state index in [9.17, 15) is 0 Å². The molecule has 0 spiro atoms. The van der Waals surface area contributed by atoms with Gasteiger partial charge in [-0.05, 0) is 34.5 Å². The fourth-order valence-electron chi connectivity index (χ4n) is 0.949. The minimum Gasteiger partial charge on any atom is -0.260 e. The van der Waals surface area contributed by atoms with Gasteiger partial charge in [-0.3, -0.25) is 4.98 Å². The van der Waals surface area contributed by atoms with Crippen molar-refractivity contribution < 1.29 is 0 Å². The molecule has 1 aromatic heterocycles. The molecule has 12 heavy (non-hydrogen) atoms. The van der Waals surface area contributed by atoms with Crippen LogP contribution in [0.5, 0.6) is 0 Å². The number of rotatable bonds is 0. The van der Waals surface area contributed by atoms with Crippen molar-refractivity contribution in [1.29, 1.82) is 0 Å². The molecule has 0 N–H and O–H groups in total. The highest BCUT2D eigenvalue weighted by Crippen LogP contribution is 2.23. The van der Waals surface area contributed by atoms with Crippen molar-refractivity contribution in [1.82, 2.24) is 4.98 Å². The van der Waals surface area contributed by atoms with E-state index >= 15 is 0 Å². The van der Waals surface area contributed by atoms with Crippen molar-refractivity contribution in [2.24, 2.45) is 0 Å². The van der Waals surface area contributed by atoms with Crippen molar-refractivity contribution in [3.63, 3.8) is 0 Å². The summed E-state index contributed by atoms with van der Waals surface area (Å²) < 4.78 is 1.08. The molecular formula is C10H14BrN. The summed E-state index contributed by atoms with van der Waals surface area (Å²) in [5.74, 6) is 0. The van der Waals surface area contributed by atoms with Gasteiger partial charge >= 0.3 is 0 Å². The molecule has 2 heteroatoms. The Balaban J connectivity index is 3.14. The Morgan fingerprint density at radius 1 is 1.33 bits per heavy atom. The van der Waals surface area contributed by atoms with Crippen LogP contribution in [-0.4, -0.2) is 4.98 Å². The van der Waals surface area contributed by atoms with Crippen molar-refractivity contribution in [3.8, 4) is 0 Å². The van der Waals surface area contributed by atoms with Gasteiger partial charge in [0.05, 0.1) is 0 Å². The maximum atomic E-state index is 4.36. The molecule has 1 heterocycles. The fourth-order valence-corrected chi connectivity index (χ4v) is 1.17. The topological polar surface area (TPSA) is 12.9 Å². The van der Waals surface area contributed by atoms with Crippen LogP contribution in [0.1, 0.15) is 32.0 Å². The van der Waals surface area contributed by atoms with E-state index in [1.165, 1.54) is 5.56 Å². The molecule has 1 nitrogen and oxygen atoms in total. The molecular weight excluding hydrogens is 214 g/mol. The highest BCUT2D eigenvalue weighted by Gasteiger charge is 2.15. The van der Waals surface area contributed by atoms with Gasteiger partial charge in [-0.1, -0.05) is 20.8 Å². The fraction of sp³-hybridized carbons (Fsp3) is 0.500. The predicted molar refractivity (Wildman–Crippen MR) is 55.4 cm³/mol. The Hall–Kier alpha value is -0.370. The molecule has 1 rings (SSSR count). The number of hydrogen-bond donors (Lipinski definition) is 0. The third-order valence-electron chi connectivity index (χ3n) is 1.82. The molecule has 0 saturated carbocycles. The summed E-state index contributed by atoms with van der Waals surface area (Å²) in [7, 11) is 0. The second kappa shape index (κ2) is 3.17. The number of pyridine rings is 1. The summed E-state index contributed by atoms with van der Waals surface area (Å²) in [6, 6.07) is 2.13. The molecule has 0 amide bonds. The molecule has 0 aliphatic carbocycles. The average molecular weight is 228 g/mol. The van der Waals surface area contributed by atoms with Crippen molar-refractivity contribution in [2.75, 3.05) is 0 Å². The van der Waals surface area contributed by atoms with Gasteiger partial charge in [0.1, 0.15) is 0 Å². The lowest BCUT2D eigenvalue weighted by Gasteiger charge is -2.18. The van der Waals surface area contributed by atoms with Crippen molar-refractivity contribution in [3.05, 3.63) is 28.0 Å². The monoisotopic (exact) mass is 227 g/mol. The SMILES string of the molecule is Cc1cc(C(C)(C)C)ncc1Br. The Kier molecular flexibility index (Phi) is 2.57. The Morgan fingerprint density at radius 3 is 2.33 bits per heavy atom. The zero-order valence-corrected chi connectivity index (χ0v) is 9.57. The smallest absolute Gasteiger partial charge is 0.0460 e. The number of nitrogens with zero attached hydrogens (tertiary/aromatic N) is 1. The molecule has 0 aliphatic heterocycles. The van der Waals surface area contributed by atoms with Crippen LogP contribution in [0, 0.1) is 6.92 Å². The minimum absolute atomic E-state index is 0.144. The number of aryl methyl sites for hydroxylation is 1. The van der Waals surface area contributed by atoms with E-state index in [4.69, 9.17) is 0 Å². The van der Waals surface area contributed by atoms with Crippen LogP contribution < -0.4 is 0 Å². The van der Waals surface area contributed by atoms with Gasteiger partial charge < -0.3 is 0 Å². The number of aromatic nitrogens is 1. The summed E-state index contributed by atoms with van der Waals surface area (Å²) in [6.45, 7) is 8.59. The van der Waals surface area contributed by atoms with E-state index in [2.05, 4.69) is 54.7 Å². The normalized spacial score (nSPS) is 11.8. The summed E-state index contributed by atoms with van der Waals surface area (Å²) >= 11 is 3.43. The quantitative estimate of drug-likeness (QED) is 0.662. The summed E-state index contributed by atoms with van der Waals surface area (Å²) in [5, 5.41) is 0. The van der Waals surface area contributed by atoms with Crippen molar-refractivity contribution >= 4 is 15.9 Å². The first-order valence-corrected chi connectivity index (χ1v) is 4.83. The first-order valence-electron chi connectivity index (χ1n) is 4.04. The molecule has 0 fully saturated rings. The summed E-state index contributed by atoms with van der Waals surface area (Å²) in [5.41, 5.74) is 2.53. The van der Waals surface area contributed by atoms with Gasteiger partial charge in [0, 0.05) is 21.8 Å². The second-order valence-corrected chi connectivity index (χ2v) is 4.92. The average Bonchev–Trinajstić information content (AvgIpc) is 1.92. The van der Waals surface area contributed by atoms with Gasteiger partial charge in [-0.2, -0.15) is 0 Å². The Labute approximate surface area is 82.3 Å². The van der Waals surface area contributed by atoms with Gasteiger partial charge in [0.25, 0.3) is 0 Å². The molecule has 0 atom stereocenters. The van der Waals surface area contributed by atoms with Crippen LogP contribution in [0.15, 0.2) is 16.7 Å². The summed E-state index contributed by atoms with van der Waals surface area (Å²) in [4.78, 5) is 4.36. The van der Waals surface area contributed by atoms with Gasteiger partial charge in [0.15, 0.2) is 0 Å². The van der Waals surface area contributed by atoms with Crippen LogP contribution in [0.3, 0.4) is 0 Å². The molecule has 0 bridgehead atoms. The van der Waals surface area contributed by atoms with E-state index in [0.29, 0.717) is 0 Å². The van der Waals surface area contributed by atoms with Crippen LogP contribution in [0.4, 0.5) is 0 Å². The minimum atomic E-state index is 0.144. The third kappa shape index (κ3) is 2.07. The predicted octanol–water partition coefficient (Wildman–Crippen LogP) is 3.45. The lowest BCUT2D eigenvalue weighted by atomic mass is 9.91. The highest BCUT2D eigenvalue weighted by molar-refractivity contribution is 9.10. The molecule has 0 saturated heterocycles. The maximum Gasteiger partial charge on any atom is 0.0460 e. The maximum absolute atomic E-state index is 4.36. The molecule has 66 valence electrons. The zero-order valence-electron chi connectivity index (χ0n) is 7.98. The molecule has 0 radical (unpaired) electrons. The third-order valence-corrected chi connectivity index (χ3v) is 2.65. The van der Waals surface area contributed by atoms with Crippen LogP contribution in [0.2, 0.25) is 0 Å². The van der Waals surface area contributed by atoms with Crippen molar-refractivity contribution in [2.45, 2.75) is 33.1 Å². The Morgan fingerprint density at radius 2 is 1.92 bits per heavy atom. The van der Waals surface area contributed by atoms with Crippen LogP contribution >= 0.6 is 15.9 Å². The lowest BCUT2D eigenvalue weighted by Crippen LogP contribution is -2.13. The largest absolute Gasteiger partial charge is 0.260 e. The van der Waals surface area contributed by atoms with E-state index in [-0.39, 0.29) is 5.41 Å². The first-order chi connectivity index (χ1) is 5.41.